The molecule has 1 amide bonds. The summed E-state index contributed by atoms with van der Waals surface area (Å²) in [6.45, 7) is 1.59. The van der Waals surface area contributed by atoms with Crippen molar-refractivity contribution in [3.05, 3.63) is 59.9 Å². The molecule has 0 saturated carbocycles. The predicted octanol–water partition coefficient (Wildman–Crippen LogP) is 4.15. The number of likely N-dealkylation sites (tertiary alicyclic amines) is 1. The molecule has 5 nitrogen and oxygen atoms in total. The van der Waals surface area contributed by atoms with Crippen molar-refractivity contribution in [3.63, 3.8) is 0 Å². The molecule has 0 bridgehead atoms. The third-order valence-corrected chi connectivity index (χ3v) is 5.94. The minimum absolute atomic E-state index is 0.135. The summed E-state index contributed by atoms with van der Waals surface area (Å²) in [5.74, 6) is 0.612. The Bertz CT molecular complexity index is 927. The molecule has 2 aromatic heterocycles. The van der Waals surface area contributed by atoms with Gasteiger partial charge in [0.25, 0.3) is 5.91 Å². The van der Waals surface area contributed by atoms with Crippen LogP contribution in [0.3, 0.4) is 0 Å². The maximum absolute atomic E-state index is 12.8. The molecule has 1 fully saturated rings. The van der Waals surface area contributed by atoms with Gasteiger partial charge in [0.1, 0.15) is 5.65 Å². The monoisotopic (exact) mass is 380 g/mol. The highest BCUT2D eigenvalue weighted by Crippen LogP contribution is 2.33. The highest BCUT2D eigenvalue weighted by atomic mass is 32.2. The van der Waals surface area contributed by atoms with Crippen LogP contribution < -0.4 is 0 Å². The maximum Gasteiger partial charge on any atom is 0.253 e. The summed E-state index contributed by atoms with van der Waals surface area (Å²) in [5.41, 5.74) is 3.05. The van der Waals surface area contributed by atoms with Crippen LogP contribution >= 0.6 is 11.9 Å². The lowest BCUT2D eigenvalue weighted by Crippen LogP contribution is -2.37. The highest BCUT2D eigenvalue weighted by Gasteiger charge is 2.26. The zero-order valence-corrected chi connectivity index (χ0v) is 16.5. The Morgan fingerprint density at radius 3 is 2.63 bits per heavy atom. The normalized spacial score (nSPS) is 15.6. The number of hydrogen-bond donors (Lipinski definition) is 1. The molecule has 1 aliphatic heterocycles. The van der Waals surface area contributed by atoms with Crippen LogP contribution in [0.4, 0.5) is 0 Å². The number of hydrogen-bond acceptors (Lipinski definition) is 4. The fourth-order valence-electron chi connectivity index (χ4n) is 3.76. The number of piperidine rings is 1. The van der Waals surface area contributed by atoms with Gasteiger partial charge >= 0.3 is 0 Å². The number of rotatable bonds is 4. The van der Waals surface area contributed by atoms with Crippen molar-refractivity contribution in [1.82, 2.24) is 19.2 Å². The molecule has 0 radical (unpaired) electrons. The van der Waals surface area contributed by atoms with E-state index in [1.807, 2.05) is 59.8 Å². The molecule has 4 rings (SSSR count). The molecule has 27 heavy (non-hydrogen) atoms. The number of carbonyl (C=O) groups excluding carboxylic acids is 1. The van der Waals surface area contributed by atoms with Gasteiger partial charge in [0, 0.05) is 41.3 Å². The summed E-state index contributed by atoms with van der Waals surface area (Å²) in [6.07, 6.45) is 5.87. The van der Waals surface area contributed by atoms with Crippen LogP contribution in [-0.2, 0) is 0 Å². The molecule has 1 aliphatic rings. The molecule has 1 N–H and O–H groups in total. The molecule has 1 aromatic carbocycles. The Morgan fingerprint density at radius 2 is 1.93 bits per heavy atom. The van der Waals surface area contributed by atoms with E-state index in [-0.39, 0.29) is 5.91 Å². The van der Waals surface area contributed by atoms with Gasteiger partial charge in [0.15, 0.2) is 0 Å². The number of fused-ring (bicyclic) bond motifs is 1. The van der Waals surface area contributed by atoms with Crippen LogP contribution in [0.5, 0.6) is 0 Å². The number of amides is 1. The van der Waals surface area contributed by atoms with Gasteiger partial charge in [0.2, 0.25) is 0 Å². The Balaban J connectivity index is 1.40. The highest BCUT2D eigenvalue weighted by molar-refractivity contribution is 7.97. The molecule has 1 saturated heterocycles. The topological polar surface area (TPSA) is 52.2 Å². The Kier molecular flexibility index (Phi) is 5.18. The van der Waals surface area contributed by atoms with Gasteiger partial charge in [-0.05, 0) is 86.8 Å². The number of aromatic nitrogens is 2. The van der Waals surface area contributed by atoms with Crippen LogP contribution in [0.1, 0.15) is 34.7 Å². The molecule has 0 unspecified atom stereocenters. The van der Waals surface area contributed by atoms with Gasteiger partial charge in [0.05, 0.1) is 0 Å². The summed E-state index contributed by atoms with van der Waals surface area (Å²) in [4.78, 5) is 23.6. The van der Waals surface area contributed by atoms with Gasteiger partial charge in [-0.1, -0.05) is 0 Å². The zero-order chi connectivity index (χ0) is 18.8. The van der Waals surface area contributed by atoms with Crippen LogP contribution in [-0.4, -0.2) is 52.3 Å². The van der Waals surface area contributed by atoms with Crippen LogP contribution in [0.25, 0.3) is 11.0 Å². The van der Waals surface area contributed by atoms with Crippen molar-refractivity contribution >= 4 is 28.9 Å². The van der Waals surface area contributed by atoms with E-state index in [0.29, 0.717) is 5.92 Å². The first-order valence-corrected chi connectivity index (χ1v) is 10.1. The SMILES string of the molecule is CN(C)Sc1ccc(C(=O)N2CCC(c3c[nH]c4ncccc34)CC2)cc1. The van der Waals surface area contributed by atoms with Gasteiger partial charge in [-0.25, -0.2) is 4.98 Å². The number of pyridine rings is 1. The molecule has 0 aliphatic carbocycles. The van der Waals surface area contributed by atoms with E-state index in [2.05, 4.69) is 22.2 Å². The first-order valence-electron chi connectivity index (χ1n) is 9.28. The summed E-state index contributed by atoms with van der Waals surface area (Å²) in [7, 11) is 4.02. The molecular weight excluding hydrogens is 356 g/mol. The van der Waals surface area contributed by atoms with Crippen molar-refractivity contribution in [3.8, 4) is 0 Å². The number of carbonyl (C=O) groups is 1. The van der Waals surface area contributed by atoms with E-state index < -0.39 is 0 Å². The number of nitrogens with one attached hydrogen (secondary N) is 1. The minimum atomic E-state index is 0.135. The molecular formula is C21H24N4OS. The Hall–Kier alpha value is -2.31. The molecule has 3 heterocycles. The molecule has 0 spiro atoms. The number of benzene rings is 1. The molecule has 0 atom stereocenters. The summed E-state index contributed by atoms with van der Waals surface area (Å²) in [6, 6.07) is 12.0. The third-order valence-electron chi connectivity index (χ3n) is 5.09. The van der Waals surface area contributed by atoms with E-state index in [4.69, 9.17) is 0 Å². The summed E-state index contributed by atoms with van der Waals surface area (Å²) < 4.78 is 2.04. The lowest BCUT2D eigenvalue weighted by atomic mass is 9.89. The number of aromatic amines is 1. The Morgan fingerprint density at radius 1 is 1.19 bits per heavy atom. The first kappa shape index (κ1) is 18.1. The predicted molar refractivity (Wildman–Crippen MR) is 110 cm³/mol. The number of nitrogens with zero attached hydrogens (tertiary/aromatic N) is 3. The maximum atomic E-state index is 12.8. The van der Waals surface area contributed by atoms with Crippen LogP contribution in [0.15, 0.2) is 53.7 Å². The second-order valence-corrected chi connectivity index (χ2v) is 8.52. The van der Waals surface area contributed by atoms with E-state index in [1.54, 1.807) is 11.9 Å². The Labute approximate surface area is 163 Å². The van der Waals surface area contributed by atoms with Gasteiger partial charge < -0.3 is 9.88 Å². The smallest absolute Gasteiger partial charge is 0.253 e. The largest absolute Gasteiger partial charge is 0.346 e. The van der Waals surface area contributed by atoms with Gasteiger partial charge in [-0.3, -0.25) is 9.10 Å². The first-order chi connectivity index (χ1) is 13.1. The van der Waals surface area contributed by atoms with Crippen molar-refractivity contribution in [2.45, 2.75) is 23.7 Å². The number of H-pyrrole nitrogens is 1. The summed E-state index contributed by atoms with van der Waals surface area (Å²) in [5, 5.41) is 1.20. The molecule has 3 aromatic rings. The molecule has 140 valence electrons. The minimum Gasteiger partial charge on any atom is -0.346 e. The van der Waals surface area contributed by atoms with Crippen molar-refractivity contribution in [1.29, 1.82) is 0 Å². The van der Waals surface area contributed by atoms with Crippen molar-refractivity contribution in [2.75, 3.05) is 27.2 Å². The average molecular weight is 381 g/mol. The standard InChI is InChI=1S/C21H24N4OS/c1-24(2)27-17-7-5-16(6-8-17)21(26)25-12-9-15(10-13-25)19-14-23-20-18(19)4-3-11-22-20/h3-8,11,14-15H,9-10,12-13H2,1-2H3,(H,22,23). The van der Waals surface area contributed by atoms with Crippen molar-refractivity contribution < 1.29 is 4.79 Å². The average Bonchev–Trinajstić information content (AvgIpc) is 3.12. The van der Waals surface area contributed by atoms with Gasteiger partial charge in [-0.2, -0.15) is 0 Å². The second-order valence-electron chi connectivity index (χ2n) is 7.14. The molecule has 6 heteroatoms. The van der Waals surface area contributed by atoms with Gasteiger partial charge in [-0.15, -0.1) is 0 Å². The zero-order valence-electron chi connectivity index (χ0n) is 15.7. The van der Waals surface area contributed by atoms with Crippen LogP contribution in [0, 0.1) is 0 Å². The van der Waals surface area contributed by atoms with Crippen LogP contribution in [0.2, 0.25) is 0 Å². The van der Waals surface area contributed by atoms with E-state index >= 15 is 0 Å². The van der Waals surface area contributed by atoms with E-state index in [0.717, 1.165) is 42.0 Å². The van der Waals surface area contributed by atoms with E-state index in [9.17, 15) is 4.79 Å². The lowest BCUT2D eigenvalue weighted by molar-refractivity contribution is 0.0713. The third kappa shape index (κ3) is 3.87. The fraction of sp³-hybridized carbons (Fsp3) is 0.333. The lowest BCUT2D eigenvalue weighted by Gasteiger charge is -2.32. The van der Waals surface area contributed by atoms with E-state index in [1.165, 1.54) is 10.9 Å². The quantitative estimate of drug-likeness (QED) is 0.691. The second kappa shape index (κ2) is 7.74. The van der Waals surface area contributed by atoms with Crippen molar-refractivity contribution in [2.24, 2.45) is 0 Å². The fourth-order valence-corrected chi connectivity index (χ4v) is 4.44. The summed E-state index contributed by atoms with van der Waals surface area (Å²) >= 11 is 1.65.